The number of hydrogen-bond acceptors (Lipinski definition) is 6. The average Bonchev–Trinajstić information content (AvgIpc) is 3.15. The van der Waals surface area contributed by atoms with Crippen LogP contribution in [0, 0.1) is 6.92 Å². The summed E-state index contributed by atoms with van der Waals surface area (Å²) in [4.78, 5) is 21.9. The second kappa shape index (κ2) is 8.90. The standard InChI is InChI=1S/C23H21Cl2N5O3S/c1-12(2)30-10-19(20-22(26)27-11-28-23(20)30)21(31)18-9-16(5-4-13(18)3)29-34(32,33)17-7-14(24)6-15(25)8-17/h4-12,29H,1-3H3,(H2,26,27,28). The molecule has 4 rings (SSSR count). The van der Waals surface area contributed by atoms with Gasteiger partial charge in [0.05, 0.1) is 15.8 Å². The van der Waals surface area contributed by atoms with Gasteiger partial charge in [0, 0.05) is 33.5 Å². The van der Waals surface area contributed by atoms with E-state index in [0.29, 0.717) is 27.7 Å². The Balaban J connectivity index is 1.77. The van der Waals surface area contributed by atoms with Crippen molar-refractivity contribution >= 4 is 61.5 Å². The van der Waals surface area contributed by atoms with E-state index in [0.717, 1.165) is 0 Å². The van der Waals surface area contributed by atoms with Crippen molar-refractivity contribution < 1.29 is 13.2 Å². The van der Waals surface area contributed by atoms with Gasteiger partial charge >= 0.3 is 0 Å². The maximum atomic E-state index is 13.6. The Hall–Kier alpha value is -3.14. The molecular weight excluding hydrogens is 497 g/mol. The van der Waals surface area contributed by atoms with Crippen LogP contribution in [0.25, 0.3) is 11.0 Å². The van der Waals surface area contributed by atoms with Gasteiger partial charge in [-0.2, -0.15) is 0 Å². The first-order chi connectivity index (χ1) is 16.0. The molecule has 2 aromatic carbocycles. The van der Waals surface area contributed by atoms with Crippen molar-refractivity contribution in [2.24, 2.45) is 0 Å². The van der Waals surface area contributed by atoms with E-state index in [9.17, 15) is 13.2 Å². The van der Waals surface area contributed by atoms with E-state index in [2.05, 4.69) is 14.7 Å². The van der Waals surface area contributed by atoms with Gasteiger partial charge < -0.3 is 10.3 Å². The summed E-state index contributed by atoms with van der Waals surface area (Å²) in [5.74, 6) is -0.129. The normalized spacial score (nSPS) is 11.8. The molecule has 0 amide bonds. The number of halogens is 2. The maximum absolute atomic E-state index is 13.6. The molecule has 2 heterocycles. The summed E-state index contributed by atoms with van der Waals surface area (Å²) < 4.78 is 30.1. The van der Waals surface area contributed by atoms with Crippen LogP contribution in [0.1, 0.15) is 41.4 Å². The van der Waals surface area contributed by atoms with E-state index < -0.39 is 10.0 Å². The zero-order valence-electron chi connectivity index (χ0n) is 18.5. The highest BCUT2D eigenvalue weighted by molar-refractivity contribution is 7.92. The van der Waals surface area contributed by atoms with Gasteiger partial charge in [0.25, 0.3) is 10.0 Å². The van der Waals surface area contributed by atoms with Gasteiger partial charge in [-0.1, -0.05) is 29.3 Å². The van der Waals surface area contributed by atoms with E-state index in [-0.39, 0.29) is 38.3 Å². The van der Waals surface area contributed by atoms with E-state index >= 15 is 0 Å². The van der Waals surface area contributed by atoms with E-state index in [1.807, 2.05) is 18.4 Å². The zero-order chi connectivity index (χ0) is 24.8. The summed E-state index contributed by atoms with van der Waals surface area (Å²) in [5.41, 5.74) is 8.18. The fourth-order valence-electron chi connectivity index (χ4n) is 3.65. The van der Waals surface area contributed by atoms with Gasteiger partial charge in [-0.3, -0.25) is 9.52 Å². The van der Waals surface area contributed by atoms with Crippen molar-refractivity contribution in [3.8, 4) is 0 Å². The van der Waals surface area contributed by atoms with Crippen molar-refractivity contribution in [1.82, 2.24) is 14.5 Å². The van der Waals surface area contributed by atoms with Crippen LogP contribution >= 0.6 is 23.2 Å². The summed E-state index contributed by atoms with van der Waals surface area (Å²) in [6.45, 7) is 5.70. The first-order valence-electron chi connectivity index (χ1n) is 10.2. The third kappa shape index (κ3) is 4.46. The van der Waals surface area contributed by atoms with Crippen LogP contribution < -0.4 is 10.5 Å². The second-order valence-electron chi connectivity index (χ2n) is 8.07. The van der Waals surface area contributed by atoms with Gasteiger partial charge in [0.15, 0.2) is 5.78 Å². The molecule has 0 atom stereocenters. The number of benzene rings is 2. The van der Waals surface area contributed by atoms with E-state index in [1.54, 1.807) is 25.3 Å². The van der Waals surface area contributed by atoms with Gasteiger partial charge in [-0.25, -0.2) is 18.4 Å². The lowest BCUT2D eigenvalue weighted by Gasteiger charge is -2.12. The molecule has 11 heteroatoms. The minimum absolute atomic E-state index is 0.0297. The number of nitrogens with one attached hydrogen (secondary N) is 1. The van der Waals surface area contributed by atoms with Crippen LogP contribution in [0.15, 0.2) is 53.8 Å². The van der Waals surface area contributed by atoms with E-state index in [4.69, 9.17) is 28.9 Å². The highest BCUT2D eigenvalue weighted by Gasteiger charge is 2.23. The molecule has 0 aliphatic heterocycles. The molecule has 0 fully saturated rings. The lowest BCUT2D eigenvalue weighted by atomic mass is 9.98. The number of carbonyl (C=O) groups is 1. The summed E-state index contributed by atoms with van der Waals surface area (Å²) in [6, 6.07) is 8.77. The minimum atomic E-state index is -4.00. The number of nitrogens with two attached hydrogens (primary N) is 1. The molecule has 0 aliphatic rings. The van der Waals surface area contributed by atoms with Gasteiger partial charge in [0.2, 0.25) is 0 Å². The van der Waals surface area contributed by atoms with Gasteiger partial charge in [-0.05, 0) is 56.7 Å². The highest BCUT2D eigenvalue weighted by Crippen LogP contribution is 2.30. The lowest BCUT2D eigenvalue weighted by molar-refractivity contribution is 0.103. The largest absolute Gasteiger partial charge is 0.383 e. The van der Waals surface area contributed by atoms with Crippen molar-refractivity contribution in [2.75, 3.05) is 10.5 Å². The monoisotopic (exact) mass is 517 g/mol. The van der Waals surface area contributed by atoms with Gasteiger partial charge in [0.1, 0.15) is 17.8 Å². The first kappa shape index (κ1) is 24.0. The molecule has 0 radical (unpaired) electrons. The third-order valence-corrected chi connectivity index (χ3v) is 7.12. The lowest BCUT2D eigenvalue weighted by Crippen LogP contribution is -2.14. The predicted molar refractivity (Wildman–Crippen MR) is 134 cm³/mol. The highest BCUT2D eigenvalue weighted by atomic mass is 35.5. The van der Waals surface area contributed by atoms with Crippen LogP contribution in [-0.4, -0.2) is 28.7 Å². The van der Waals surface area contributed by atoms with Crippen LogP contribution in [0.2, 0.25) is 10.0 Å². The van der Waals surface area contributed by atoms with E-state index in [1.165, 1.54) is 30.6 Å². The summed E-state index contributed by atoms with van der Waals surface area (Å²) in [6.07, 6.45) is 3.06. The summed E-state index contributed by atoms with van der Waals surface area (Å²) in [7, 11) is -4.00. The van der Waals surface area contributed by atoms with Crippen LogP contribution in [0.5, 0.6) is 0 Å². The van der Waals surface area contributed by atoms with Crippen molar-refractivity contribution in [2.45, 2.75) is 31.7 Å². The number of nitrogens with zero attached hydrogens (tertiary/aromatic N) is 3. The Morgan fingerprint density at radius 1 is 1.06 bits per heavy atom. The predicted octanol–water partition coefficient (Wildman–Crippen LogP) is 5.24. The number of hydrogen-bond donors (Lipinski definition) is 2. The maximum Gasteiger partial charge on any atom is 0.261 e. The molecule has 0 aliphatic carbocycles. The number of nitrogen functional groups attached to an aromatic ring is 1. The zero-order valence-corrected chi connectivity index (χ0v) is 20.8. The number of fused-ring (bicyclic) bond motifs is 1. The van der Waals surface area contributed by atoms with Crippen LogP contribution in [0.3, 0.4) is 0 Å². The van der Waals surface area contributed by atoms with Crippen molar-refractivity contribution in [3.63, 3.8) is 0 Å². The Kier molecular flexibility index (Phi) is 6.28. The molecule has 0 saturated heterocycles. The molecular formula is C23H21Cl2N5O3S. The molecule has 8 nitrogen and oxygen atoms in total. The Labute approximate surface area is 206 Å². The smallest absolute Gasteiger partial charge is 0.261 e. The number of aryl methyl sites for hydroxylation is 1. The minimum Gasteiger partial charge on any atom is -0.383 e. The molecule has 2 aromatic heterocycles. The number of carbonyl (C=O) groups excluding carboxylic acids is 1. The molecule has 0 bridgehead atoms. The van der Waals surface area contributed by atoms with Crippen molar-refractivity contribution in [3.05, 3.63) is 75.7 Å². The Bertz CT molecular complexity index is 1530. The molecule has 0 spiro atoms. The first-order valence-corrected chi connectivity index (χ1v) is 12.5. The summed E-state index contributed by atoms with van der Waals surface area (Å²) >= 11 is 11.9. The van der Waals surface area contributed by atoms with Crippen LogP contribution in [0.4, 0.5) is 11.5 Å². The number of ketones is 1. The fourth-order valence-corrected chi connectivity index (χ4v) is 5.42. The number of rotatable bonds is 6. The SMILES string of the molecule is Cc1ccc(NS(=O)(=O)c2cc(Cl)cc(Cl)c2)cc1C(=O)c1cn(C(C)C)c2ncnc(N)c12. The topological polar surface area (TPSA) is 120 Å². The molecule has 176 valence electrons. The van der Waals surface area contributed by atoms with Gasteiger partial charge in [-0.15, -0.1) is 0 Å². The number of aromatic nitrogens is 3. The average molecular weight is 518 g/mol. The second-order valence-corrected chi connectivity index (χ2v) is 10.6. The van der Waals surface area contributed by atoms with Crippen LogP contribution in [-0.2, 0) is 10.0 Å². The quantitative estimate of drug-likeness (QED) is 0.337. The number of anilines is 2. The molecule has 0 unspecified atom stereocenters. The molecule has 4 aromatic rings. The fraction of sp³-hybridized carbons (Fsp3) is 0.174. The van der Waals surface area contributed by atoms with Crippen molar-refractivity contribution in [1.29, 1.82) is 0 Å². The number of sulfonamides is 1. The molecule has 34 heavy (non-hydrogen) atoms. The third-order valence-electron chi connectivity index (χ3n) is 5.32. The summed E-state index contributed by atoms with van der Waals surface area (Å²) in [5, 5.41) is 0.836. The molecule has 0 saturated carbocycles. The Morgan fingerprint density at radius 2 is 1.74 bits per heavy atom. The molecule has 3 N–H and O–H groups in total. The Morgan fingerprint density at radius 3 is 2.38 bits per heavy atom.